The Hall–Kier alpha value is -1.87. The van der Waals surface area contributed by atoms with Crippen molar-refractivity contribution in [1.82, 2.24) is 0 Å². The van der Waals surface area contributed by atoms with Gasteiger partial charge in [0.25, 0.3) is 0 Å². The lowest BCUT2D eigenvalue weighted by Crippen LogP contribution is -2.13. The van der Waals surface area contributed by atoms with Gasteiger partial charge in [0, 0.05) is 4.88 Å². The van der Waals surface area contributed by atoms with Crippen LogP contribution >= 0.6 is 11.3 Å². The number of carbonyl (C=O) groups excluding carboxylic acids is 2. The van der Waals surface area contributed by atoms with Gasteiger partial charge in [-0.05, 0) is 19.4 Å². The van der Waals surface area contributed by atoms with E-state index < -0.39 is 11.9 Å². The molecular weight excluding hydrogens is 240 g/mol. The number of nitriles is 1. The molecule has 0 bridgehead atoms. The SMILES string of the molecule is COC(=O)c1c(NC(=O)CC#N)sc(C)c1C. The van der Waals surface area contributed by atoms with Crippen LogP contribution in [0.5, 0.6) is 0 Å². The highest BCUT2D eigenvalue weighted by Gasteiger charge is 2.21. The van der Waals surface area contributed by atoms with Gasteiger partial charge in [-0.15, -0.1) is 11.3 Å². The van der Waals surface area contributed by atoms with E-state index in [1.165, 1.54) is 18.4 Å². The quantitative estimate of drug-likeness (QED) is 0.834. The van der Waals surface area contributed by atoms with Crippen molar-refractivity contribution in [3.63, 3.8) is 0 Å². The molecule has 0 spiro atoms. The van der Waals surface area contributed by atoms with Gasteiger partial charge < -0.3 is 10.1 Å². The van der Waals surface area contributed by atoms with E-state index in [2.05, 4.69) is 10.1 Å². The minimum atomic E-state index is -0.487. The molecule has 1 N–H and O–H groups in total. The molecule has 6 heteroatoms. The summed E-state index contributed by atoms with van der Waals surface area (Å²) in [4.78, 5) is 23.8. The minimum absolute atomic E-state index is 0.239. The fourth-order valence-electron chi connectivity index (χ4n) is 1.31. The van der Waals surface area contributed by atoms with Gasteiger partial charge in [-0.1, -0.05) is 0 Å². The van der Waals surface area contributed by atoms with Crippen LogP contribution in [0.3, 0.4) is 0 Å². The number of anilines is 1. The molecule has 0 unspecified atom stereocenters. The normalized spacial score (nSPS) is 9.53. The number of nitrogens with zero attached hydrogens (tertiary/aromatic N) is 1. The fourth-order valence-corrected chi connectivity index (χ4v) is 2.37. The zero-order valence-electron chi connectivity index (χ0n) is 9.79. The lowest BCUT2D eigenvalue weighted by Gasteiger charge is -2.03. The van der Waals surface area contributed by atoms with Crippen LogP contribution in [0.1, 0.15) is 27.2 Å². The largest absolute Gasteiger partial charge is 0.465 e. The summed E-state index contributed by atoms with van der Waals surface area (Å²) in [6, 6.07) is 1.75. The number of aryl methyl sites for hydroxylation is 1. The summed E-state index contributed by atoms with van der Waals surface area (Å²) in [6.45, 7) is 3.64. The molecule has 1 rings (SSSR count). The summed E-state index contributed by atoms with van der Waals surface area (Å²) in [6.07, 6.45) is -0.239. The topological polar surface area (TPSA) is 79.2 Å². The van der Waals surface area contributed by atoms with Gasteiger partial charge in [-0.25, -0.2) is 4.79 Å². The third kappa shape index (κ3) is 2.82. The summed E-state index contributed by atoms with van der Waals surface area (Å²) >= 11 is 1.30. The zero-order chi connectivity index (χ0) is 13.0. The first-order valence-electron chi connectivity index (χ1n) is 4.86. The van der Waals surface area contributed by atoms with Gasteiger partial charge >= 0.3 is 5.97 Å². The number of carbonyl (C=O) groups is 2. The molecule has 1 amide bonds. The van der Waals surface area contributed by atoms with Crippen molar-refractivity contribution in [2.24, 2.45) is 0 Å². The van der Waals surface area contributed by atoms with E-state index in [1.54, 1.807) is 13.0 Å². The molecule has 17 heavy (non-hydrogen) atoms. The van der Waals surface area contributed by atoms with Crippen LogP contribution in [0.15, 0.2) is 0 Å². The van der Waals surface area contributed by atoms with Crippen molar-refractivity contribution in [1.29, 1.82) is 5.26 Å². The number of esters is 1. The average molecular weight is 252 g/mol. The molecule has 0 aliphatic carbocycles. The fraction of sp³-hybridized carbons (Fsp3) is 0.364. The number of amides is 1. The van der Waals surface area contributed by atoms with Crippen LogP contribution in [0.4, 0.5) is 5.00 Å². The van der Waals surface area contributed by atoms with E-state index in [9.17, 15) is 9.59 Å². The summed E-state index contributed by atoms with van der Waals surface area (Å²) in [5.74, 6) is -0.919. The van der Waals surface area contributed by atoms with E-state index in [4.69, 9.17) is 5.26 Å². The predicted molar refractivity (Wildman–Crippen MR) is 64.0 cm³/mol. The molecule has 0 atom stereocenters. The van der Waals surface area contributed by atoms with E-state index >= 15 is 0 Å². The van der Waals surface area contributed by atoms with E-state index in [0.717, 1.165) is 10.4 Å². The maximum atomic E-state index is 11.6. The van der Waals surface area contributed by atoms with Gasteiger partial charge in [0.15, 0.2) is 0 Å². The molecule has 0 saturated carbocycles. The number of methoxy groups -OCH3 is 1. The second kappa shape index (κ2) is 5.46. The summed E-state index contributed by atoms with van der Waals surface area (Å²) in [5, 5.41) is 11.4. The molecular formula is C11H12N2O3S. The van der Waals surface area contributed by atoms with Crippen LogP contribution in [0.2, 0.25) is 0 Å². The first kappa shape index (κ1) is 13.2. The Morgan fingerprint density at radius 3 is 2.65 bits per heavy atom. The van der Waals surface area contributed by atoms with Gasteiger partial charge in [0.05, 0.1) is 18.7 Å². The van der Waals surface area contributed by atoms with Crippen LogP contribution in [0, 0.1) is 25.2 Å². The Kier molecular flexibility index (Phi) is 4.24. The highest BCUT2D eigenvalue weighted by molar-refractivity contribution is 7.16. The smallest absolute Gasteiger partial charge is 0.341 e. The van der Waals surface area contributed by atoms with E-state index in [1.807, 2.05) is 6.92 Å². The first-order chi connectivity index (χ1) is 8.01. The van der Waals surface area contributed by atoms with Gasteiger partial charge in [0.1, 0.15) is 11.4 Å². The van der Waals surface area contributed by atoms with Crippen molar-refractivity contribution in [2.75, 3.05) is 12.4 Å². The highest BCUT2D eigenvalue weighted by atomic mass is 32.1. The van der Waals surface area contributed by atoms with Crippen LogP contribution in [0.25, 0.3) is 0 Å². The molecule has 0 fully saturated rings. The predicted octanol–water partition coefficient (Wildman–Crippen LogP) is 2.00. The third-order valence-corrected chi connectivity index (χ3v) is 3.39. The number of hydrogen-bond acceptors (Lipinski definition) is 5. The lowest BCUT2D eigenvalue weighted by atomic mass is 10.1. The number of ether oxygens (including phenoxy) is 1. The Morgan fingerprint density at radius 2 is 2.12 bits per heavy atom. The average Bonchev–Trinajstić information content (AvgIpc) is 2.54. The minimum Gasteiger partial charge on any atom is -0.465 e. The Labute approximate surface area is 103 Å². The van der Waals surface area contributed by atoms with Crippen LogP contribution in [-0.2, 0) is 9.53 Å². The standard InChI is InChI=1S/C11H12N2O3S/c1-6-7(2)17-10(9(6)11(15)16-3)13-8(14)4-5-12/h4H2,1-3H3,(H,13,14). The molecule has 1 aromatic rings. The number of thiophene rings is 1. The number of nitrogens with one attached hydrogen (secondary N) is 1. The molecule has 1 aromatic heterocycles. The number of hydrogen-bond donors (Lipinski definition) is 1. The maximum absolute atomic E-state index is 11.6. The monoisotopic (exact) mass is 252 g/mol. The van der Waals surface area contributed by atoms with Crippen molar-refractivity contribution in [3.8, 4) is 6.07 Å². The summed E-state index contributed by atoms with van der Waals surface area (Å²) in [5.41, 5.74) is 1.15. The van der Waals surface area contributed by atoms with Gasteiger partial charge in [0.2, 0.25) is 5.91 Å². The molecule has 0 saturated heterocycles. The van der Waals surface area contributed by atoms with Crippen LogP contribution < -0.4 is 5.32 Å². The van der Waals surface area contributed by atoms with Crippen molar-refractivity contribution >= 4 is 28.2 Å². The lowest BCUT2D eigenvalue weighted by molar-refractivity contribution is -0.115. The van der Waals surface area contributed by atoms with Crippen molar-refractivity contribution in [3.05, 3.63) is 16.0 Å². The van der Waals surface area contributed by atoms with Gasteiger partial charge in [-0.2, -0.15) is 5.26 Å². The molecule has 0 aliphatic heterocycles. The molecule has 5 nitrogen and oxygen atoms in total. The molecule has 1 heterocycles. The van der Waals surface area contributed by atoms with E-state index in [-0.39, 0.29) is 6.42 Å². The van der Waals surface area contributed by atoms with E-state index in [0.29, 0.717) is 10.6 Å². The van der Waals surface area contributed by atoms with Gasteiger partial charge in [-0.3, -0.25) is 4.79 Å². The summed E-state index contributed by atoms with van der Waals surface area (Å²) in [7, 11) is 1.29. The number of rotatable bonds is 3. The molecule has 0 aliphatic rings. The molecule has 0 aromatic carbocycles. The zero-order valence-corrected chi connectivity index (χ0v) is 10.6. The Balaban J connectivity index is 3.08. The second-order valence-corrected chi connectivity index (χ2v) is 4.59. The third-order valence-electron chi connectivity index (χ3n) is 2.27. The summed E-state index contributed by atoms with van der Waals surface area (Å²) < 4.78 is 4.66. The Morgan fingerprint density at radius 1 is 1.47 bits per heavy atom. The Bertz CT molecular complexity index is 500. The second-order valence-electron chi connectivity index (χ2n) is 3.36. The molecule has 0 radical (unpaired) electrons. The first-order valence-corrected chi connectivity index (χ1v) is 5.68. The maximum Gasteiger partial charge on any atom is 0.341 e. The molecule has 90 valence electrons. The van der Waals surface area contributed by atoms with Crippen molar-refractivity contribution < 1.29 is 14.3 Å². The highest BCUT2D eigenvalue weighted by Crippen LogP contribution is 2.32. The van der Waals surface area contributed by atoms with Crippen LogP contribution in [-0.4, -0.2) is 19.0 Å². The van der Waals surface area contributed by atoms with Crippen molar-refractivity contribution in [2.45, 2.75) is 20.3 Å².